The van der Waals surface area contributed by atoms with Crippen LogP contribution in [0.3, 0.4) is 0 Å². The van der Waals surface area contributed by atoms with Crippen LogP contribution in [-0.4, -0.2) is 25.1 Å². The number of allylic oxidation sites excluding steroid dienone is 2. The van der Waals surface area contributed by atoms with Gasteiger partial charge in [-0.15, -0.1) is 0 Å². The summed E-state index contributed by atoms with van der Waals surface area (Å²) < 4.78 is 5.26. The van der Waals surface area contributed by atoms with Gasteiger partial charge in [0.1, 0.15) is 12.6 Å². The molecule has 4 heteroatoms. The van der Waals surface area contributed by atoms with Crippen molar-refractivity contribution >= 4 is 18.5 Å². The van der Waals surface area contributed by atoms with Gasteiger partial charge in [0.05, 0.1) is 13.0 Å². The van der Waals surface area contributed by atoms with Gasteiger partial charge in [0.25, 0.3) is 0 Å². The molecule has 4 nitrogen and oxygen atoms in total. The van der Waals surface area contributed by atoms with Crippen LogP contribution in [-0.2, 0) is 19.1 Å². The van der Waals surface area contributed by atoms with Gasteiger partial charge in [-0.1, -0.05) is 38.2 Å². The molecule has 1 aliphatic rings. The average Bonchev–Trinajstić information content (AvgIpc) is 2.49. The molecular formula is C17H26O4. The first-order valence-electron chi connectivity index (χ1n) is 7.91. The van der Waals surface area contributed by atoms with Crippen molar-refractivity contribution in [2.45, 2.75) is 58.3 Å². The van der Waals surface area contributed by atoms with Crippen molar-refractivity contribution in [3.05, 3.63) is 11.6 Å². The van der Waals surface area contributed by atoms with E-state index >= 15 is 0 Å². The molecule has 1 atom stereocenters. The van der Waals surface area contributed by atoms with Gasteiger partial charge in [0.15, 0.2) is 0 Å². The highest BCUT2D eigenvalue weighted by Crippen LogP contribution is 2.26. The van der Waals surface area contributed by atoms with E-state index in [1.807, 2.05) is 0 Å². The SMILES string of the molecule is C/C=C(/C=O)[C@@H](CC=O)CC(=O)OCCC1CCCCC1. The zero-order valence-corrected chi connectivity index (χ0v) is 12.9. The van der Waals surface area contributed by atoms with E-state index in [1.165, 1.54) is 32.1 Å². The summed E-state index contributed by atoms with van der Waals surface area (Å²) in [5, 5.41) is 0. The van der Waals surface area contributed by atoms with Gasteiger partial charge in [-0.25, -0.2) is 0 Å². The van der Waals surface area contributed by atoms with Crippen molar-refractivity contribution < 1.29 is 19.1 Å². The number of aldehydes is 2. The number of carbonyl (C=O) groups is 3. The fraction of sp³-hybridized carbons (Fsp3) is 0.706. The first-order chi connectivity index (χ1) is 10.2. The summed E-state index contributed by atoms with van der Waals surface area (Å²) in [6.45, 7) is 2.18. The molecule has 1 saturated carbocycles. The Hall–Kier alpha value is -1.45. The molecule has 0 heterocycles. The second-order valence-corrected chi connectivity index (χ2v) is 5.72. The van der Waals surface area contributed by atoms with Crippen molar-refractivity contribution in [1.29, 1.82) is 0 Å². The van der Waals surface area contributed by atoms with Gasteiger partial charge < -0.3 is 9.53 Å². The third-order valence-electron chi connectivity index (χ3n) is 4.25. The summed E-state index contributed by atoms with van der Waals surface area (Å²) in [7, 11) is 0. The van der Waals surface area contributed by atoms with E-state index in [0.717, 1.165) is 12.7 Å². The highest BCUT2D eigenvalue weighted by atomic mass is 16.5. The van der Waals surface area contributed by atoms with Gasteiger partial charge in [0.2, 0.25) is 0 Å². The first kappa shape index (κ1) is 17.6. The van der Waals surface area contributed by atoms with E-state index in [0.29, 0.717) is 24.4 Å². The molecule has 0 aromatic rings. The summed E-state index contributed by atoms with van der Waals surface area (Å²) in [5.41, 5.74) is 0.492. The predicted molar refractivity (Wildman–Crippen MR) is 80.8 cm³/mol. The predicted octanol–water partition coefficient (Wildman–Crippen LogP) is 3.24. The molecule has 1 rings (SSSR count). The van der Waals surface area contributed by atoms with Crippen molar-refractivity contribution in [3.8, 4) is 0 Å². The summed E-state index contributed by atoms with van der Waals surface area (Å²) in [6.07, 6.45) is 10.7. The van der Waals surface area contributed by atoms with Gasteiger partial charge in [0, 0.05) is 12.3 Å². The monoisotopic (exact) mass is 294 g/mol. The highest BCUT2D eigenvalue weighted by molar-refractivity contribution is 5.78. The number of hydrogen-bond donors (Lipinski definition) is 0. The van der Waals surface area contributed by atoms with Crippen LogP contribution >= 0.6 is 0 Å². The first-order valence-corrected chi connectivity index (χ1v) is 7.91. The number of rotatable bonds is 9. The van der Waals surface area contributed by atoms with E-state index in [1.54, 1.807) is 13.0 Å². The Labute approximate surface area is 126 Å². The Morgan fingerprint density at radius 1 is 1.24 bits per heavy atom. The molecule has 0 aliphatic heterocycles. The van der Waals surface area contributed by atoms with Crippen LogP contribution in [0.5, 0.6) is 0 Å². The highest BCUT2D eigenvalue weighted by Gasteiger charge is 2.19. The lowest BCUT2D eigenvalue weighted by molar-refractivity contribution is -0.144. The zero-order chi connectivity index (χ0) is 15.5. The van der Waals surface area contributed by atoms with Crippen molar-refractivity contribution in [1.82, 2.24) is 0 Å². The quantitative estimate of drug-likeness (QED) is 0.372. The summed E-state index contributed by atoms with van der Waals surface area (Å²) in [5.74, 6) is 0.00411. The molecular weight excluding hydrogens is 268 g/mol. The lowest BCUT2D eigenvalue weighted by Gasteiger charge is -2.21. The molecule has 1 fully saturated rings. The average molecular weight is 294 g/mol. The summed E-state index contributed by atoms with van der Waals surface area (Å²) in [4.78, 5) is 33.4. The van der Waals surface area contributed by atoms with Crippen molar-refractivity contribution in [2.24, 2.45) is 11.8 Å². The Bertz CT molecular complexity index is 367. The Morgan fingerprint density at radius 3 is 2.52 bits per heavy atom. The largest absolute Gasteiger partial charge is 0.466 e. The fourth-order valence-electron chi connectivity index (χ4n) is 2.93. The zero-order valence-electron chi connectivity index (χ0n) is 12.9. The molecule has 0 N–H and O–H groups in total. The second-order valence-electron chi connectivity index (χ2n) is 5.72. The van der Waals surface area contributed by atoms with Gasteiger partial charge in [-0.2, -0.15) is 0 Å². The molecule has 0 bridgehead atoms. The molecule has 0 radical (unpaired) electrons. The molecule has 0 saturated heterocycles. The molecule has 1 aliphatic carbocycles. The minimum Gasteiger partial charge on any atom is -0.466 e. The molecule has 0 aromatic heterocycles. The molecule has 118 valence electrons. The normalized spacial score (nSPS) is 18.0. The van der Waals surface area contributed by atoms with Crippen molar-refractivity contribution in [3.63, 3.8) is 0 Å². The summed E-state index contributed by atoms with van der Waals surface area (Å²) >= 11 is 0. The second kappa shape index (κ2) is 10.3. The number of hydrogen-bond acceptors (Lipinski definition) is 4. The van der Waals surface area contributed by atoms with E-state index < -0.39 is 0 Å². The third kappa shape index (κ3) is 6.69. The smallest absolute Gasteiger partial charge is 0.306 e. The fourth-order valence-corrected chi connectivity index (χ4v) is 2.93. The number of ether oxygens (including phenoxy) is 1. The lowest BCUT2D eigenvalue weighted by atomic mass is 9.87. The van der Waals surface area contributed by atoms with Crippen LogP contribution in [0.4, 0.5) is 0 Å². The number of esters is 1. The minimum atomic E-state index is -0.354. The Morgan fingerprint density at radius 2 is 1.95 bits per heavy atom. The molecule has 0 aromatic carbocycles. The van der Waals surface area contributed by atoms with Gasteiger partial charge >= 0.3 is 5.97 Å². The van der Waals surface area contributed by atoms with Crippen LogP contribution in [0.2, 0.25) is 0 Å². The van der Waals surface area contributed by atoms with Gasteiger partial charge in [-0.05, 0) is 24.8 Å². The summed E-state index contributed by atoms with van der Waals surface area (Å²) in [6, 6.07) is 0. The van der Waals surface area contributed by atoms with E-state index in [4.69, 9.17) is 4.74 Å². The maximum atomic E-state index is 11.8. The molecule has 0 amide bonds. The van der Waals surface area contributed by atoms with Crippen LogP contribution in [0, 0.1) is 11.8 Å². The van der Waals surface area contributed by atoms with Crippen LogP contribution < -0.4 is 0 Å². The molecule has 0 spiro atoms. The Kier molecular flexibility index (Phi) is 8.63. The molecule has 0 unspecified atom stereocenters. The maximum Gasteiger partial charge on any atom is 0.306 e. The van der Waals surface area contributed by atoms with Crippen molar-refractivity contribution in [2.75, 3.05) is 6.61 Å². The lowest BCUT2D eigenvalue weighted by Crippen LogP contribution is -2.17. The van der Waals surface area contributed by atoms with E-state index in [-0.39, 0.29) is 24.7 Å². The van der Waals surface area contributed by atoms with E-state index in [2.05, 4.69) is 0 Å². The standard InChI is InChI=1S/C17H26O4/c1-2-15(13-19)16(8-10-18)12-17(20)21-11-9-14-6-4-3-5-7-14/h2,10,13-14,16H,3-9,11-12H2,1H3/b15-2-/t16-/m0/s1. The van der Waals surface area contributed by atoms with Crippen LogP contribution in [0.25, 0.3) is 0 Å². The van der Waals surface area contributed by atoms with Crippen LogP contribution in [0.1, 0.15) is 58.3 Å². The maximum absolute atomic E-state index is 11.8. The molecule has 21 heavy (non-hydrogen) atoms. The van der Waals surface area contributed by atoms with E-state index in [9.17, 15) is 14.4 Å². The van der Waals surface area contributed by atoms with Crippen LogP contribution in [0.15, 0.2) is 11.6 Å². The van der Waals surface area contributed by atoms with Gasteiger partial charge in [-0.3, -0.25) is 9.59 Å². The minimum absolute atomic E-state index is 0.0990. The Balaban J connectivity index is 2.32. The topological polar surface area (TPSA) is 60.4 Å². The third-order valence-corrected chi connectivity index (χ3v) is 4.25. The number of carbonyl (C=O) groups excluding carboxylic acids is 3.